The van der Waals surface area contributed by atoms with E-state index in [0.29, 0.717) is 32.1 Å². The molecule has 1 fully saturated rings. The Morgan fingerprint density at radius 3 is 2.57 bits per heavy atom. The first-order valence-corrected chi connectivity index (χ1v) is 9.31. The second kappa shape index (κ2) is 8.72. The Bertz CT molecular complexity index is 868. The van der Waals surface area contributed by atoms with Crippen molar-refractivity contribution in [3.63, 3.8) is 0 Å². The summed E-state index contributed by atoms with van der Waals surface area (Å²) in [6.45, 7) is 4.39. The third-order valence-electron chi connectivity index (χ3n) is 5.17. The zero-order valence-electron chi connectivity index (χ0n) is 15.8. The van der Waals surface area contributed by atoms with Crippen LogP contribution in [-0.4, -0.2) is 31.3 Å². The van der Waals surface area contributed by atoms with E-state index in [1.165, 1.54) is 6.07 Å². The number of hydrogen-bond acceptors (Lipinski definition) is 6. The molecule has 0 atom stereocenters. The van der Waals surface area contributed by atoms with Crippen molar-refractivity contribution >= 4 is 11.4 Å². The second-order valence-corrected chi connectivity index (χ2v) is 6.80. The van der Waals surface area contributed by atoms with Gasteiger partial charge in [-0.2, -0.15) is 5.26 Å². The lowest BCUT2D eigenvalue weighted by molar-refractivity contribution is -0.384. The summed E-state index contributed by atoms with van der Waals surface area (Å²) in [6, 6.07) is 14.5. The Morgan fingerprint density at radius 2 is 1.96 bits per heavy atom. The van der Waals surface area contributed by atoms with E-state index in [-0.39, 0.29) is 16.7 Å². The molecule has 0 unspecified atom stereocenters. The van der Waals surface area contributed by atoms with Gasteiger partial charge in [-0.05, 0) is 49.6 Å². The molecule has 28 heavy (non-hydrogen) atoms. The van der Waals surface area contributed by atoms with Gasteiger partial charge < -0.3 is 14.8 Å². The van der Waals surface area contributed by atoms with E-state index in [1.807, 2.05) is 25.1 Å². The van der Waals surface area contributed by atoms with Crippen LogP contribution in [-0.2, 0) is 10.2 Å². The predicted octanol–water partition coefficient (Wildman–Crippen LogP) is 4.03. The number of benzene rings is 2. The second-order valence-electron chi connectivity index (χ2n) is 6.80. The molecular formula is C21H23N3O4. The van der Waals surface area contributed by atoms with Crippen molar-refractivity contribution in [2.24, 2.45) is 0 Å². The normalized spacial score (nSPS) is 15.4. The Kier molecular flexibility index (Phi) is 6.12. The maximum Gasteiger partial charge on any atom is 0.293 e. The van der Waals surface area contributed by atoms with Gasteiger partial charge in [0.15, 0.2) is 0 Å². The van der Waals surface area contributed by atoms with Gasteiger partial charge in [0.1, 0.15) is 11.4 Å². The van der Waals surface area contributed by atoms with E-state index in [9.17, 15) is 10.1 Å². The topological polar surface area (TPSA) is 97.4 Å². The SMILES string of the molecule is CCOc1ccc(C2(CNc3ccc(C#N)cc3[N+](=O)[O-])CCOCC2)cc1. The van der Waals surface area contributed by atoms with Crippen molar-refractivity contribution in [1.29, 1.82) is 5.26 Å². The van der Waals surface area contributed by atoms with Crippen molar-refractivity contribution in [3.05, 3.63) is 63.7 Å². The van der Waals surface area contributed by atoms with Crippen LogP contribution in [0.2, 0.25) is 0 Å². The van der Waals surface area contributed by atoms with Crippen LogP contribution in [0.5, 0.6) is 5.75 Å². The number of nitro benzene ring substituents is 1. The highest BCUT2D eigenvalue weighted by atomic mass is 16.6. The number of nitro groups is 1. The van der Waals surface area contributed by atoms with Gasteiger partial charge in [0.25, 0.3) is 5.69 Å². The lowest BCUT2D eigenvalue weighted by atomic mass is 9.74. The van der Waals surface area contributed by atoms with Crippen LogP contribution >= 0.6 is 0 Å². The van der Waals surface area contributed by atoms with Crippen molar-refractivity contribution in [2.45, 2.75) is 25.2 Å². The van der Waals surface area contributed by atoms with Gasteiger partial charge in [-0.1, -0.05) is 12.1 Å². The zero-order valence-corrected chi connectivity index (χ0v) is 15.8. The molecule has 7 heteroatoms. The highest BCUT2D eigenvalue weighted by molar-refractivity contribution is 5.64. The highest BCUT2D eigenvalue weighted by Gasteiger charge is 2.35. The first kappa shape index (κ1) is 19.6. The molecule has 0 spiro atoms. The Labute approximate surface area is 164 Å². The number of anilines is 1. The monoisotopic (exact) mass is 381 g/mol. The Hall–Kier alpha value is -3.11. The van der Waals surface area contributed by atoms with Crippen molar-refractivity contribution < 1.29 is 14.4 Å². The molecule has 1 saturated heterocycles. The maximum atomic E-state index is 11.4. The fourth-order valence-electron chi connectivity index (χ4n) is 3.57. The first-order chi connectivity index (χ1) is 13.6. The number of rotatable bonds is 7. The fourth-order valence-corrected chi connectivity index (χ4v) is 3.57. The van der Waals surface area contributed by atoms with Crippen LogP contribution in [0.4, 0.5) is 11.4 Å². The molecule has 3 rings (SSSR count). The third-order valence-corrected chi connectivity index (χ3v) is 5.17. The molecule has 2 aromatic carbocycles. The van der Waals surface area contributed by atoms with Crippen LogP contribution in [0.25, 0.3) is 0 Å². The molecule has 146 valence electrons. The summed E-state index contributed by atoms with van der Waals surface area (Å²) in [4.78, 5) is 11.0. The van der Waals surface area contributed by atoms with E-state index in [4.69, 9.17) is 14.7 Å². The van der Waals surface area contributed by atoms with Gasteiger partial charge in [-0.25, -0.2) is 0 Å². The zero-order chi connectivity index (χ0) is 20.0. The van der Waals surface area contributed by atoms with E-state index >= 15 is 0 Å². The molecule has 0 aromatic heterocycles. The minimum absolute atomic E-state index is 0.0899. The molecule has 0 bridgehead atoms. The van der Waals surface area contributed by atoms with Crippen molar-refractivity contribution in [2.75, 3.05) is 31.7 Å². The number of nitriles is 1. The van der Waals surface area contributed by atoms with E-state index in [1.54, 1.807) is 12.1 Å². The number of hydrogen-bond donors (Lipinski definition) is 1. The van der Waals surface area contributed by atoms with Crippen molar-refractivity contribution in [1.82, 2.24) is 0 Å². The van der Waals surface area contributed by atoms with Gasteiger partial charge in [0.05, 0.1) is 23.2 Å². The van der Waals surface area contributed by atoms with Gasteiger partial charge in [0, 0.05) is 31.2 Å². The quantitative estimate of drug-likeness (QED) is 0.574. The molecule has 1 heterocycles. The van der Waals surface area contributed by atoms with E-state index in [2.05, 4.69) is 17.4 Å². The van der Waals surface area contributed by atoms with E-state index < -0.39 is 4.92 Å². The molecule has 1 aliphatic rings. The molecule has 0 saturated carbocycles. The van der Waals surface area contributed by atoms with Gasteiger partial charge in [-0.15, -0.1) is 0 Å². The van der Waals surface area contributed by atoms with Gasteiger partial charge >= 0.3 is 0 Å². The summed E-state index contributed by atoms with van der Waals surface area (Å²) in [5.41, 5.74) is 1.56. The number of ether oxygens (including phenoxy) is 2. The molecule has 1 aliphatic heterocycles. The minimum Gasteiger partial charge on any atom is -0.494 e. The fraction of sp³-hybridized carbons (Fsp3) is 0.381. The average molecular weight is 381 g/mol. The standard InChI is InChI=1S/C21H23N3O4/c1-2-28-18-6-4-17(5-7-18)21(9-11-27-12-10-21)15-23-19-8-3-16(14-22)13-20(19)24(25)26/h3-8,13,23H,2,9-12,15H2,1H3. The number of nitrogens with zero attached hydrogens (tertiary/aromatic N) is 2. The smallest absolute Gasteiger partial charge is 0.293 e. The summed E-state index contributed by atoms with van der Waals surface area (Å²) >= 11 is 0. The highest BCUT2D eigenvalue weighted by Crippen LogP contribution is 2.37. The van der Waals surface area contributed by atoms with E-state index in [0.717, 1.165) is 24.2 Å². The summed E-state index contributed by atoms with van der Waals surface area (Å²) in [7, 11) is 0. The molecule has 0 amide bonds. The van der Waals surface area contributed by atoms with Crippen LogP contribution in [0.15, 0.2) is 42.5 Å². The summed E-state index contributed by atoms with van der Waals surface area (Å²) in [6.07, 6.45) is 1.64. The van der Waals surface area contributed by atoms with Gasteiger partial charge in [-0.3, -0.25) is 10.1 Å². The Morgan fingerprint density at radius 1 is 1.25 bits per heavy atom. The largest absolute Gasteiger partial charge is 0.494 e. The summed E-state index contributed by atoms with van der Waals surface area (Å²) in [5.74, 6) is 0.823. The van der Waals surface area contributed by atoms with Crippen molar-refractivity contribution in [3.8, 4) is 11.8 Å². The molecular weight excluding hydrogens is 358 g/mol. The lowest BCUT2D eigenvalue weighted by Gasteiger charge is -2.38. The average Bonchev–Trinajstić information content (AvgIpc) is 2.73. The summed E-state index contributed by atoms with van der Waals surface area (Å²) < 4.78 is 11.1. The minimum atomic E-state index is -0.462. The maximum absolute atomic E-state index is 11.4. The summed E-state index contributed by atoms with van der Waals surface area (Å²) in [5, 5.41) is 23.7. The van der Waals surface area contributed by atoms with Gasteiger partial charge in [0.2, 0.25) is 0 Å². The Balaban J connectivity index is 1.86. The van der Waals surface area contributed by atoms with Crippen LogP contribution in [0.1, 0.15) is 30.9 Å². The third kappa shape index (κ3) is 4.24. The molecule has 0 radical (unpaired) electrons. The lowest BCUT2D eigenvalue weighted by Crippen LogP contribution is -2.40. The van der Waals surface area contributed by atoms with Crippen LogP contribution in [0.3, 0.4) is 0 Å². The first-order valence-electron chi connectivity index (χ1n) is 9.31. The molecule has 7 nitrogen and oxygen atoms in total. The molecule has 0 aliphatic carbocycles. The predicted molar refractivity (Wildman–Crippen MR) is 106 cm³/mol. The molecule has 1 N–H and O–H groups in total. The van der Waals surface area contributed by atoms with Crippen LogP contribution in [0, 0.1) is 21.4 Å². The molecule has 2 aromatic rings. The number of nitrogens with one attached hydrogen (secondary N) is 1. The van der Waals surface area contributed by atoms with Crippen LogP contribution < -0.4 is 10.1 Å².